The maximum atomic E-state index is 12.0. The SMILES string of the molecule is O=C(CCNC(=O)c1ccc(Br)cc1)Nc1ccc(-c2nccs2)cc1. The monoisotopic (exact) mass is 429 g/mol. The molecule has 3 rings (SSSR count). The highest BCUT2D eigenvalue weighted by Gasteiger charge is 2.07. The summed E-state index contributed by atoms with van der Waals surface area (Å²) in [5.74, 6) is -0.346. The summed E-state index contributed by atoms with van der Waals surface area (Å²) in [5.41, 5.74) is 2.29. The number of hydrogen-bond acceptors (Lipinski definition) is 4. The van der Waals surface area contributed by atoms with Crippen LogP contribution in [0.15, 0.2) is 64.6 Å². The second-order valence-corrected chi connectivity index (χ2v) is 7.29. The topological polar surface area (TPSA) is 71.1 Å². The minimum atomic E-state index is -0.196. The summed E-state index contributed by atoms with van der Waals surface area (Å²) >= 11 is 4.89. The van der Waals surface area contributed by atoms with Crippen molar-refractivity contribution in [3.63, 3.8) is 0 Å². The molecule has 7 heteroatoms. The number of carbonyl (C=O) groups is 2. The summed E-state index contributed by atoms with van der Waals surface area (Å²) < 4.78 is 0.911. The van der Waals surface area contributed by atoms with E-state index in [-0.39, 0.29) is 24.8 Å². The molecule has 0 aliphatic rings. The first-order valence-corrected chi connectivity index (χ1v) is 9.62. The van der Waals surface area contributed by atoms with Gasteiger partial charge in [0.25, 0.3) is 5.91 Å². The Kier molecular flexibility index (Phi) is 6.14. The van der Waals surface area contributed by atoms with E-state index in [4.69, 9.17) is 0 Å². The fraction of sp³-hybridized carbons (Fsp3) is 0.105. The van der Waals surface area contributed by atoms with Crippen molar-refractivity contribution in [2.24, 2.45) is 0 Å². The highest BCUT2D eigenvalue weighted by atomic mass is 79.9. The van der Waals surface area contributed by atoms with Crippen LogP contribution >= 0.6 is 27.3 Å². The minimum absolute atomic E-state index is 0.150. The Bertz CT molecular complexity index is 878. The zero-order valence-corrected chi connectivity index (χ0v) is 16.1. The van der Waals surface area contributed by atoms with Crippen LogP contribution in [-0.4, -0.2) is 23.3 Å². The summed E-state index contributed by atoms with van der Waals surface area (Å²) in [7, 11) is 0. The van der Waals surface area contributed by atoms with Gasteiger partial charge in [0.2, 0.25) is 5.91 Å². The third-order valence-corrected chi connectivity index (χ3v) is 4.94. The number of halogens is 1. The fourth-order valence-corrected chi connectivity index (χ4v) is 3.19. The number of benzene rings is 2. The molecule has 132 valence electrons. The molecule has 0 saturated carbocycles. The van der Waals surface area contributed by atoms with Crippen molar-refractivity contribution in [2.75, 3.05) is 11.9 Å². The summed E-state index contributed by atoms with van der Waals surface area (Å²) in [6.07, 6.45) is 1.97. The van der Waals surface area contributed by atoms with Crippen LogP contribution in [0.1, 0.15) is 16.8 Å². The van der Waals surface area contributed by atoms with Gasteiger partial charge in [-0.25, -0.2) is 4.98 Å². The van der Waals surface area contributed by atoms with Crippen LogP contribution in [-0.2, 0) is 4.79 Å². The number of nitrogens with zero attached hydrogens (tertiary/aromatic N) is 1. The molecule has 0 aliphatic carbocycles. The lowest BCUT2D eigenvalue weighted by molar-refractivity contribution is -0.116. The molecule has 26 heavy (non-hydrogen) atoms. The number of thiazole rings is 1. The molecule has 0 spiro atoms. The average molecular weight is 430 g/mol. The van der Waals surface area contributed by atoms with Crippen molar-refractivity contribution in [1.29, 1.82) is 0 Å². The first kappa shape index (κ1) is 18.3. The van der Waals surface area contributed by atoms with E-state index >= 15 is 0 Å². The number of rotatable bonds is 6. The molecule has 0 atom stereocenters. The normalized spacial score (nSPS) is 10.3. The largest absolute Gasteiger partial charge is 0.352 e. The number of anilines is 1. The average Bonchev–Trinajstić information content (AvgIpc) is 3.17. The van der Waals surface area contributed by atoms with Crippen LogP contribution in [0.5, 0.6) is 0 Å². The summed E-state index contributed by atoms with van der Waals surface area (Å²) in [4.78, 5) is 28.2. The van der Waals surface area contributed by atoms with Crippen LogP contribution in [0, 0.1) is 0 Å². The van der Waals surface area contributed by atoms with Gasteiger partial charge < -0.3 is 10.6 Å². The second kappa shape index (κ2) is 8.73. The molecule has 3 aromatic rings. The van der Waals surface area contributed by atoms with E-state index in [0.29, 0.717) is 5.56 Å². The van der Waals surface area contributed by atoms with Crippen LogP contribution in [0.2, 0.25) is 0 Å². The number of hydrogen-bond donors (Lipinski definition) is 2. The maximum absolute atomic E-state index is 12.0. The highest BCUT2D eigenvalue weighted by molar-refractivity contribution is 9.10. The summed E-state index contributed by atoms with van der Waals surface area (Å²) in [6.45, 7) is 0.276. The zero-order valence-electron chi connectivity index (χ0n) is 13.7. The van der Waals surface area contributed by atoms with Crippen molar-refractivity contribution < 1.29 is 9.59 Å². The third kappa shape index (κ3) is 5.00. The highest BCUT2D eigenvalue weighted by Crippen LogP contribution is 2.23. The van der Waals surface area contributed by atoms with Gasteiger partial charge in [-0.05, 0) is 48.5 Å². The van der Waals surface area contributed by atoms with Gasteiger partial charge >= 0.3 is 0 Å². The molecule has 1 heterocycles. The van der Waals surface area contributed by atoms with Gasteiger partial charge in [0.1, 0.15) is 5.01 Å². The fourth-order valence-electron chi connectivity index (χ4n) is 2.28. The standard InChI is InChI=1S/C19H16BrN3O2S/c20-15-5-1-13(2-6-15)18(25)21-10-9-17(24)23-16-7-3-14(4-8-16)19-22-11-12-26-19/h1-8,11-12H,9-10H2,(H,21,25)(H,23,24). The molecule has 0 bridgehead atoms. The van der Waals surface area contributed by atoms with Gasteiger partial charge in [-0.1, -0.05) is 15.9 Å². The second-order valence-electron chi connectivity index (χ2n) is 5.48. The molecule has 0 unspecified atom stereocenters. The zero-order chi connectivity index (χ0) is 18.4. The summed E-state index contributed by atoms with van der Waals surface area (Å²) in [5, 5.41) is 8.43. The number of aromatic nitrogens is 1. The minimum Gasteiger partial charge on any atom is -0.352 e. The Morgan fingerprint density at radius 3 is 2.42 bits per heavy atom. The van der Waals surface area contributed by atoms with Crippen LogP contribution < -0.4 is 10.6 Å². The van der Waals surface area contributed by atoms with Crippen LogP contribution in [0.25, 0.3) is 10.6 Å². The van der Waals surface area contributed by atoms with Gasteiger partial charge in [0.15, 0.2) is 0 Å². The van der Waals surface area contributed by atoms with Crippen LogP contribution in [0.4, 0.5) is 5.69 Å². The van der Waals surface area contributed by atoms with Gasteiger partial charge in [-0.3, -0.25) is 9.59 Å². The Balaban J connectivity index is 1.45. The van der Waals surface area contributed by atoms with Crippen LogP contribution in [0.3, 0.4) is 0 Å². The van der Waals surface area contributed by atoms with Crippen molar-refractivity contribution in [1.82, 2.24) is 10.3 Å². The Labute approximate surface area is 163 Å². The lowest BCUT2D eigenvalue weighted by Gasteiger charge is -2.07. The maximum Gasteiger partial charge on any atom is 0.251 e. The van der Waals surface area contributed by atoms with Crippen molar-refractivity contribution in [3.05, 3.63) is 70.1 Å². The van der Waals surface area contributed by atoms with Gasteiger partial charge in [0.05, 0.1) is 0 Å². The van der Waals surface area contributed by atoms with Gasteiger partial charge in [-0.2, -0.15) is 0 Å². The molecule has 2 amide bonds. The lowest BCUT2D eigenvalue weighted by Crippen LogP contribution is -2.27. The van der Waals surface area contributed by atoms with E-state index < -0.39 is 0 Å². The van der Waals surface area contributed by atoms with E-state index in [9.17, 15) is 9.59 Å². The van der Waals surface area contributed by atoms with Gasteiger partial charge in [0, 0.05) is 45.8 Å². The molecule has 5 nitrogen and oxygen atoms in total. The van der Waals surface area contributed by atoms with E-state index in [1.165, 1.54) is 0 Å². The van der Waals surface area contributed by atoms with Crippen molar-refractivity contribution in [2.45, 2.75) is 6.42 Å². The first-order chi connectivity index (χ1) is 12.6. The predicted octanol–water partition coefficient (Wildman–Crippen LogP) is 4.33. The third-order valence-electron chi connectivity index (χ3n) is 3.59. The molecule has 2 N–H and O–H groups in total. The Morgan fingerprint density at radius 1 is 1.04 bits per heavy atom. The number of nitrogens with one attached hydrogen (secondary N) is 2. The molecular weight excluding hydrogens is 414 g/mol. The predicted molar refractivity (Wildman–Crippen MR) is 107 cm³/mol. The first-order valence-electron chi connectivity index (χ1n) is 7.95. The smallest absolute Gasteiger partial charge is 0.251 e. The number of carbonyl (C=O) groups excluding carboxylic acids is 2. The molecule has 1 aromatic heterocycles. The molecule has 0 radical (unpaired) electrons. The molecule has 0 aliphatic heterocycles. The Morgan fingerprint density at radius 2 is 1.77 bits per heavy atom. The molecule has 0 saturated heterocycles. The lowest BCUT2D eigenvalue weighted by atomic mass is 10.2. The quantitative estimate of drug-likeness (QED) is 0.612. The Hall–Kier alpha value is -2.51. The summed E-state index contributed by atoms with van der Waals surface area (Å²) in [6, 6.07) is 14.6. The van der Waals surface area contributed by atoms with E-state index in [0.717, 1.165) is 20.7 Å². The molecule has 2 aromatic carbocycles. The van der Waals surface area contributed by atoms with Crippen molar-refractivity contribution in [3.8, 4) is 10.6 Å². The molecular formula is C19H16BrN3O2S. The van der Waals surface area contributed by atoms with Gasteiger partial charge in [-0.15, -0.1) is 11.3 Å². The number of amides is 2. The molecule has 0 fully saturated rings. The van der Waals surface area contributed by atoms with E-state index in [2.05, 4.69) is 31.5 Å². The van der Waals surface area contributed by atoms with Crippen molar-refractivity contribution >= 4 is 44.8 Å². The van der Waals surface area contributed by atoms with E-state index in [1.807, 2.05) is 29.6 Å². The van der Waals surface area contributed by atoms with E-state index in [1.54, 1.807) is 41.8 Å².